The highest BCUT2D eigenvalue weighted by molar-refractivity contribution is 7.15. The molecule has 130 heavy (non-hydrogen) atoms. The highest BCUT2D eigenvalue weighted by Gasteiger charge is 2.36. The largest absolute Gasteiger partial charge is 0.383 e. The number of carbonyl (C=O) groups is 5. The lowest BCUT2D eigenvalue weighted by Gasteiger charge is -2.26. The van der Waals surface area contributed by atoms with Gasteiger partial charge in [-0.25, -0.2) is 83.2 Å². The molecule has 680 valence electrons. The first-order valence-corrected chi connectivity index (χ1v) is 49.0. The van der Waals surface area contributed by atoms with E-state index in [0.717, 1.165) is 87.8 Å². The fourth-order valence-corrected chi connectivity index (χ4v) is 21.0. The topological polar surface area (TPSA) is 532 Å². The summed E-state index contributed by atoms with van der Waals surface area (Å²) in [5.41, 5.74) is 35.4. The van der Waals surface area contributed by atoms with Gasteiger partial charge in [-0.3, -0.25) is 29.0 Å². The molecule has 5 amide bonds. The number of nitrogens with one attached hydrogen (secondary N) is 5. The fourth-order valence-electron chi connectivity index (χ4n) is 18.4. The lowest BCUT2D eigenvalue weighted by molar-refractivity contribution is -0.120. The zero-order valence-corrected chi connectivity index (χ0v) is 76.0. The Balaban J connectivity index is 0.000000119. The van der Waals surface area contributed by atoms with E-state index in [-0.39, 0.29) is 29.5 Å². The summed E-state index contributed by atoms with van der Waals surface area (Å²) >= 11 is 6.98. The number of pyridine rings is 2. The molecule has 15 aromatic rings. The van der Waals surface area contributed by atoms with Crippen molar-refractivity contribution in [2.24, 2.45) is 29.6 Å². The third-order valence-corrected chi connectivity index (χ3v) is 28.4. The molecule has 5 atom stereocenters. The van der Waals surface area contributed by atoms with Crippen molar-refractivity contribution >= 4 is 196 Å². The first-order valence-electron chi connectivity index (χ1n) is 44.6. The second kappa shape index (κ2) is 44.1. The predicted molar refractivity (Wildman–Crippen MR) is 508 cm³/mol. The molecule has 5 saturated carbocycles. The number of rotatable bonds is 25. The van der Waals surface area contributed by atoms with Crippen LogP contribution in [0.25, 0.3) is 55.2 Å². The smallest absolute Gasteiger partial charge is 0.251 e. The van der Waals surface area contributed by atoms with Crippen molar-refractivity contribution < 1.29 is 24.0 Å². The minimum absolute atomic E-state index is 0.113. The van der Waals surface area contributed by atoms with Crippen molar-refractivity contribution in [1.82, 2.24) is 114 Å². The highest BCUT2D eigenvalue weighted by atomic mass is 32.1. The Kier molecular flexibility index (Phi) is 30.8. The van der Waals surface area contributed by atoms with Gasteiger partial charge in [0, 0.05) is 94.3 Å². The second-order valence-electron chi connectivity index (χ2n) is 33.6. The molecule has 20 rings (SSSR count). The van der Waals surface area contributed by atoms with E-state index in [1.54, 1.807) is 97.8 Å². The van der Waals surface area contributed by atoms with Crippen LogP contribution in [0.3, 0.4) is 0 Å². The molecule has 0 spiro atoms. The number of amides is 5. The Morgan fingerprint density at radius 1 is 0.300 bits per heavy atom. The summed E-state index contributed by atoms with van der Waals surface area (Å²) in [6.07, 6.45) is 56.3. The van der Waals surface area contributed by atoms with Crippen LogP contribution in [0.15, 0.2) is 132 Å². The van der Waals surface area contributed by atoms with Gasteiger partial charge < -0.3 is 55.3 Å². The molecular formula is C87H107N33O5S5. The molecular weight excluding hydrogens is 1750 g/mol. The van der Waals surface area contributed by atoms with E-state index in [1.165, 1.54) is 166 Å². The standard InChI is InChI=1S/2C18H22N6OS.3C17H21N7OS/c19-15-13-7-4-8-20-16(13)23-24(15)14(11-12-5-2-1-3-6-12)17(25)22-18-21-9-10-26-18;19-16-13-6-7-20-11-14(13)23-24(16)15(10-12-4-2-1-3-5-12)17(25)22-18-21-8-9-26-18;18-15-14-12(9-19-10-21-14)23-24(15)13(8-11-4-2-1-3-5-11)16(25)22-17-20-6-7-26-17;18-14-12-9-19-10-21-15(12)23-24(14)13(8-11-4-2-1-3-5-11)16(25)22-17-20-6-7-26-17;18-14-13-15(20-7-6-19-13)23-24(14)12(10-11-4-2-1-3-5-11)16(25)22-17-21-8-9-26-17/h4,7-10,12,14H,1-3,5-6,11,19H2,(H,21,22,25);6-9,11-12,15H,1-5,10,19H2,(H,21,22,25);2*6-7,9-11,13H,1-5,8,18H2,(H,20,22,25);6-9,11-12H,1-5,10,18H2,(H,21,22,25). The van der Waals surface area contributed by atoms with Crippen LogP contribution in [0.2, 0.25) is 0 Å². The molecule has 5 aliphatic rings. The van der Waals surface area contributed by atoms with Crippen LogP contribution < -0.4 is 55.3 Å². The van der Waals surface area contributed by atoms with Crippen molar-refractivity contribution in [2.75, 3.05) is 55.3 Å². The van der Waals surface area contributed by atoms with E-state index in [1.807, 2.05) is 45.1 Å². The van der Waals surface area contributed by atoms with Gasteiger partial charge in [-0.2, -0.15) is 10.2 Å². The van der Waals surface area contributed by atoms with Crippen molar-refractivity contribution in [1.29, 1.82) is 0 Å². The monoisotopic (exact) mass is 1850 g/mol. The van der Waals surface area contributed by atoms with Crippen LogP contribution in [0, 0.1) is 29.6 Å². The van der Waals surface area contributed by atoms with E-state index in [0.29, 0.717) is 148 Å². The lowest BCUT2D eigenvalue weighted by atomic mass is 9.84. The Hall–Kier alpha value is -12.6. The van der Waals surface area contributed by atoms with Crippen LogP contribution >= 0.6 is 56.7 Å². The number of hydrogen-bond acceptors (Lipinski definition) is 33. The SMILES string of the molecule is Nc1c2cccnc2nn1C(CC1CCCCC1)C(=O)Nc1nccs1.Nc1c2ccncc2nn1C(CC1CCCCC1)C(=O)Nc1nccs1.Nc1c2cncnc2nn1C(CC1CCCCC1)C(=O)Nc1nccs1.Nc1c2nccnc2nn1C(CC1CCCCC1)C(=O)Nc1nccs1.Nc1c2ncncc2nn1C(CC1CCCCC1)C(=O)Nc1nccs1. The summed E-state index contributed by atoms with van der Waals surface area (Å²) in [7, 11) is 0. The van der Waals surface area contributed by atoms with Crippen molar-refractivity contribution in [3.63, 3.8) is 0 Å². The normalized spacial score (nSPS) is 16.6. The summed E-state index contributed by atoms with van der Waals surface area (Å²) in [4.78, 5) is 119. The van der Waals surface area contributed by atoms with E-state index >= 15 is 0 Å². The molecule has 43 heteroatoms. The molecule has 38 nitrogen and oxygen atoms in total. The number of hydrogen-bond donors (Lipinski definition) is 10. The maximum absolute atomic E-state index is 13.0. The molecule has 0 bridgehead atoms. The number of thiazole rings is 5. The van der Waals surface area contributed by atoms with Gasteiger partial charge in [0.15, 0.2) is 48.3 Å². The van der Waals surface area contributed by atoms with Crippen LogP contribution in [0.1, 0.15) is 223 Å². The average molecular weight is 1860 g/mol. The van der Waals surface area contributed by atoms with Crippen LogP contribution in [0.5, 0.6) is 0 Å². The van der Waals surface area contributed by atoms with Gasteiger partial charge in [-0.15, -0.1) is 72.0 Å². The summed E-state index contributed by atoms with van der Waals surface area (Å²) in [6.45, 7) is 0. The van der Waals surface area contributed by atoms with Gasteiger partial charge >= 0.3 is 0 Å². The zero-order valence-electron chi connectivity index (χ0n) is 71.9. The summed E-state index contributed by atoms with van der Waals surface area (Å²) in [5, 5.41) is 51.5. The molecule has 0 radical (unpaired) electrons. The van der Waals surface area contributed by atoms with Crippen LogP contribution in [-0.2, 0) is 24.0 Å². The average Bonchev–Trinajstić information content (AvgIpc) is 1.68. The van der Waals surface area contributed by atoms with Gasteiger partial charge in [0.1, 0.15) is 82.7 Å². The fraction of sp³-hybridized carbons (Fsp3) is 0.460. The van der Waals surface area contributed by atoms with Crippen molar-refractivity contribution in [3.8, 4) is 0 Å². The number of carbonyl (C=O) groups excluding carboxylic acids is 5. The molecule has 0 saturated heterocycles. The summed E-state index contributed by atoms with van der Waals surface area (Å²) in [6, 6.07) is 3.16. The summed E-state index contributed by atoms with van der Waals surface area (Å²) in [5.74, 6) is 4.04. The van der Waals surface area contributed by atoms with Crippen molar-refractivity contribution in [3.05, 3.63) is 132 Å². The first kappa shape index (κ1) is 90.7. The Labute approximate surface area is 768 Å². The maximum atomic E-state index is 13.0. The van der Waals surface area contributed by atoms with Gasteiger partial charge in [0.25, 0.3) is 29.5 Å². The van der Waals surface area contributed by atoms with Crippen LogP contribution in [0.4, 0.5) is 54.7 Å². The van der Waals surface area contributed by atoms with E-state index in [2.05, 4.69) is 117 Å². The Morgan fingerprint density at radius 3 is 1.00 bits per heavy atom. The molecule has 15 N–H and O–H groups in total. The number of nitrogens with zero attached hydrogens (tertiary/aromatic N) is 23. The summed E-state index contributed by atoms with van der Waals surface area (Å²) < 4.78 is 8.12. The van der Waals surface area contributed by atoms with Gasteiger partial charge in [0.2, 0.25) is 5.65 Å². The Morgan fingerprint density at radius 2 is 0.623 bits per heavy atom. The number of nitrogens with two attached hydrogens (primary N) is 5. The maximum Gasteiger partial charge on any atom is 0.251 e. The molecule has 5 unspecified atom stereocenters. The third-order valence-electron chi connectivity index (χ3n) is 24.9. The first-order chi connectivity index (χ1) is 63.6. The van der Waals surface area contributed by atoms with Gasteiger partial charge in [-0.05, 0) is 79.9 Å². The number of aromatic nitrogens is 23. The molecule has 0 aliphatic heterocycles. The molecule has 5 fully saturated rings. The van der Waals surface area contributed by atoms with Crippen molar-refractivity contribution in [2.45, 2.75) is 223 Å². The van der Waals surface area contributed by atoms with Gasteiger partial charge in [0.05, 0.1) is 23.2 Å². The zero-order chi connectivity index (χ0) is 89.7. The quantitative estimate of drug-likeness (QED) is 0.0254. The van der Waals surface area contributed by atoms with E-state index in [9.17, 15) is 24.0 Å². The lowest BCUT2D eigenvalue weighted by Crippen LogP contribution is -2.30. The highest BCUT2D eigenvalue weighted by Crippen LogP contribution is 2.41. The number of anilines is 10. The third kappa shape index (κ3) is 22.8. The molecule has 0 aromatic carbocycles. The van der Waals surface area contributed by atoms with E-state index < -0.39 is 30.2 Å². The number of nitrogen functional groups attached to an aromatic ring is 5. The molecule has 15 heterocycles. The minimum Gasteiger partial charge on any atom is -0.383 e. The predicted octanol–water partition coefficient (Wildman–Crippen LogP) is 16.3. The molecule has 15 aromatic heterocycles. The number of fused-ring (bicyclic) bond motifs is 5. The minimum atomic E-state index is -0.502. The molecule has 5 aliphatic carbocycles. The van der Waals surface area contributed by atoms with Gasteiger partial charge in [-0.1, -0.05) is 161 Å². The van der Waals surface area contributed by atoms with E-state index in [4.69, 9.17) is 28.7 Å². The Bertz CT molecular complexity index is 5290. The van der Waals surface area contributed by atoms with Crippen LogP contribution in [-0.4, -0.2) is 143 Å². The second-order valence-corrected chi connectivity index (χ2v) is 38.0.